The number of benzene rings is 3. The molecule has 0 fully saturated rings. The van der Waals surface area contributed by atoms with Crippen LogP contribution >= 0.6 is 15.9 Å². The number of aromatic amines is 1. The number of amides is 1. The molecule has 1 unspecified atom stereocenters. The van der Waals surface area contributed by atoms with Gasteiger partial charge in [0.1, 0.15) is 5.82 Å². The zero-order valence-corrected chi connectivity index (χ0v) is 15.7. The number of hydrogen-bond donors (Lipinski definition) is 2. The minimum absolute atomic E-state index is 0.00655. The summed E-state index contributed by atoms with van der Waals surface area (Å²) in [5, 5.41) is 2.96. The first-order chi connectivity index (χ1) is 13.1. The molecule has 0 aliphatic rings. The molecule has 1 amide bonds. The number of nitrogens with one attached hydrogen (secondary N) is 2. The smallest absolute Gasteiger partial charge is 0.255 e. The van der Waals surface area contributed by atoms with Gasteiger partial charge < -0.3 is 10.3 Å². The van der Waals surface area contributed by atoms with Crippen LogP contribution in [0.5, 0.6) is 0 Å². The lowest BCUT2D eigenvalue weighted by Crippen LogP contribution is -2.30. The summed E-state index contributed by atoms with van der Waals surface area (Å²) in [6.45, 7) is 0. The fourth-order valence-corrected chi connectivity index (χ4v) is 3.38. The molecule has 4 nitrogen and oxygen atoms in total. The second-order valence-corrected chi connectivity index (χ2v) is 7.04. The molecule has 1 heterocycles. The second-order valence-electron chi connectivity index (χ2n) is 6.12. The van der Waals surface area contributed by atoms with Crippen molar-refractivity contribution in [2.24, 2.45) is 0 Å². The number of H-pyrrole nitrogens is 1. The SMILES string of the molecule is O=C(NC(c1ccccc1)c1ccc2nc[nH]c2c1)c1cc(Br)ccc1F. The maximum absolute atomic E-state index is 14.1. The molecule has 0 aliphatic heterocycles. The molecule has 4 rings (SSSR count). The summed E-state index contributed by atoms with van der Waals surface area (Å²) >= 11 is 3.29. The van der Waals surface area contributed by atoms with Gasteiger partial charge in [-0.25, -0.2) is 9.37 Å². The van der Waals surface area contributed by atoms with E-state index < -0.39 is 17.8 Å². The van der Waals surface area contributed by atoms with E-state index in [0.717, 1.165) is 22.2 Å². The van der Waals surface area contributed by atoms with Crippen molar-refractivity contribution in [3.63, 3.8) is 0 Å². The third-order valence-electron chi connectivity index (χ3n) is 4.36. The molecule has 0 bridgehead atoms. The fourth-order valence-electron chi connectivity index (χ4n) is 3.02. The fraction of sp³-hybridized carbons (Fsp3) is 0.0476. The lowest BCUT2D eigenvalue weighted by Gasteiger charge is -2.20. The molecular formula is C21H15BrFN3O. The molecule has 4 aromatic rings. The van der Waals surface area contributed by atoms with Crippen molar-refractivity contribution in [2.75, 3.05) is 0 Å². The first-order valence-corrected chi connectivity index (χ1v) is 9.15. The highest BCUT2D eigenvalue weighted by Gasteiger charge is 2.20. The van der Waals surface area contributed by atoms with E-state index in [4.69, 9.17) is 0 Å². The molecule has 1 aromatic heterocycles. The highest BCUT2D eigenvalue weighted by atomic mass is 79.9. The van der Waals surface area contributed by atoms with Crippen LogP contribution < -0.4 is 5.32 Å². The Bertz CT molecular complexity index is 1110. The number of hydrogen-bond acceptors (Lipinski definition) is 2. The predicted molar refractivity (Wildman–Crippen MR) is 106 cm³/mol. The molecule has 0 radical (unpaired) electrons. The Balaban J connectivity index is 1.74. The van der Waals surface area contributed by atoms with Gasteiger partial charge in [0, 0.05) is 4.47 Å². The highest BCUT2D eigenvalue weighted by Crippen LogP contribution is 2.26. The lowest BCUT2D eigenvalue weighted by atomic mass is 9.97. The van der Waals surface area contributed by atoms with E-state index in [9.17, 15) is 9.18 Å². The Labute approximate surface area is 163 Å². The van der Waals surface area contributed by atoms with Crippen LogP contribution in [0.25, 0.3) is 11.0 Å². The zero-order valence-electron chi connectivity index (χ0n) is 14.1. The largest absolute Gasteiger partial charge is 0.345 e. The van der Waals surface area contributed by atoms with E-state index in [0.29, 0.717) is 4.47 Å². The number of carbonyl (C=O) groups excluding carboxylic acids is 1. The molecular weight excluding hydrogens is 409 g/mol. The van der Waals surface area contributed by atoms with Crippen molar-refractivity contribution in [3.05, 3.63) is 100 Å². The number of imidazole rings is 1. The average molecular weight is 424 g/mol. The standard InChI is InChI=1S/C21H15BrFN3O/c22-15-7-8-17(23)16(11-15)21(27)26-20(13-4-2-1-3-5-13)14-6-9-18-19(10-14)25-12-24-18/h1-12,20H,(H,24,25)(H,26,27). The lowest BCUT2D eigenvalue weighted by molar-refractivity contribution is 0.0939. The Kier molecular flexibility index (Phi) is 4.73. The minimum atomic E-state index is -0.563. The van der Waals surface area contributed by atoms with Gasteiger partial charge in [0.2, 0.25) is 0 Å². The molecule has 0 spiro atoms. The summed E-state index contributed by atoms with van der Waals surface area (Å²) in [4.78, 5) is 20.1. The molecule has 0 saturated heterocycles. The molecule has 3 aromatic carbocycles. The van der Waals surface area contributed by atoms with E-state index >= 15 is 0 Å². The Morgan fingerprint density at radius 1 is 1.04 bits per heavy atom. The third-order valence-corrected chi connectivity index (χ3v) is 4.85. The maximum atomic E-state index is 14.1. The van der Waals surface area contributed by atoms with Crippen LogP contribution in [0, 0.1) is 5.82 Å². The van der Waals surface area contributed by atoms with Crippen LogP contribution in [0.15, 0.2) is 77.5 Å². The van der Waals surface area contributed by atoms with E-state index in [1.807, 2.05) is 48.5 Å². The van der Waals surface area contributed by atoms with Gasteiger partial charge in [-0.3, -0.25) is 4.79 Å². The summed E-state index contributed by atoms with van der Waals surface area (Å²) in [5.74, 6) is -1.04. The molecule has 0 saturated carbocycles. The van der Waals surface area contributed by atoms with Crippen LogP contribution in [0.1, 0.15) is 27.5 Å². The number of halogens is 2. The first kappa shape index (κ1) is 17.4. The van der Waals surface area contributed by atoms with Gasteiger partial charge in [-0.2, -0.15) is 0 Å². The zero-order chi connectivity index (χ0) is 18.8. The molecule has 1 atom stereocenters. The number of rotatable bonds is 4. The van der Waals surface area contributed by atoms with Gasteiger partial charge in [0.25, 0.3) is 5.91 Å². The Morgan fingerprint density at radius 3 is 2.67 bits per heavy atom. The van der Waals surface area contributed by atoms with Crippen LogP contribution in [0.2, 0.25) is 0 Å². The summed E-state index contributed by atoms with van der Waals surface area (Å²) in [7, 11) is 0. The van der Waals surface area contributed by atoms with Crippen molar-refractivity contribution >= 4 is 32.9 Å². The van der Waals surface area contributed by atoms with Gasteiger partial charge in [-0.05, 0) is 41.5 Å². The molecule has 27 heavy (non-hydrogen) atoms. The van der Waals surface area contributed by atoms with E-state index in [1.165, 1.54) is 12.1 Å². The summed E-state index contributed by atoms with van der Waals surface area (Å²) in [5.41, 5.74) is 3.49. The minimum Gasteiger partial charge on any atom is -0.345 e. The number of aromatic nitrogens is 2. The van der Waals surface area contributed by atoms with Crippen molar-refractivity contribution in [1.29, 1.82) is 0 Å². The van der Waals surface area contributed by atoms with Crippen LogP contribution in [0.4, 0.5) is 4.39 Å². The first-order valence-electron chi connectivity index (χ1n) is 8.36. The maximum Gasteiger partial charge on any atom is 0.255 e. The van der Waals surface area contributed by atoms with Crippen molar-refractivity contribution in [3.8, 4) is 0 Å². The number of nitrogens with zero attached hydrogens (tertiary/aromatic N) is 1. The van der Waals surface area contributed by atoms with Gasteiger partial charge in [-0.1, -0.05) is 52.3 Å². The normalized spacial score (nSPS) is 12.1. The average Bonchev–Trinajstić information content (AvgIpc) is 3.16. The van der Waals surface area contributed by atoms with Gasteiger partial charge >= 0.3 is 0 Å². The summed E-state index contributed by atoms with van der Waals surface area (Å²) in [6, 6.07) is 19.2. The third kappa shape index (κ3) is 3.61. The highest BCUT2D eigenvalue weighted by molar-refractivity contribution is 9.10. The molecule has 6 heteroatoms. The predicted octanol–water partition coefficient (Wildman–Crippen LogP) is 4.98. The summed E-state index contributed by atoms with van der Waals surface area (Å²) in [6.07, 6.45) is 1.63. The van der Waals surface area contributed by atoms with Gasteiger partial charge in [-0.15, -0.1) is 0 Å². The van der Waals surface area contributed by atoms with E-state index in [-0.39, 0.29) is 5.56 Å². The number of fused-ring (bicyclic) bond motifs is 1. The summed E-state index contributed by atoms with van der Waals surface area (Å²) < 4.78 is 14.8. The van der Waals surface area contributed by atoms with E-state index in [1.54, 1.807) is 12.4 Å². The number of carbonyl (C=O) groups is 1. The van der Waals surface area contributed by atoms with Crippen molar-refractivity contribution in [2.45, 2.75) is 6.04 Å². The van der Waals surface area contributed by atoms with Crippen LogP contribution in [0.3, 0.4) is 0 Å². The van der Waals surface area contributed by atoms with Gasteiger partial charge in [0.05, 0.1) is 29.0 Å². The Morgan fingerprint density at radius 2 is 1.85 bits per heavy atom. The molecule has 134 valence electrons. The monoisotopic (exact) mass is 423 g/mol. The second kappa shape index (κ2) is 7.32. The topological polar surface area (TPSA) is 57.8 Å². The molecule has 0 aliphatic carbocycles. The van der Waals surface area contributed by atoms with Crippen LogP contribution in [-0.4, -0.2) is 15.9 Å². The van der Waals surface area contributed by atoms with Gasteiger partial charge in [0.15, 0.2) is 0 Å². The van der Waals surface area contributed by atoms with Crippen molar-refractivity contribution < 1.29 is 9.18 Å². The quantitative estimate of drug-likeness (QED) is 0.485. The van der Waals surface area contributed by atoms with E-state index in [2.05, 4.69) is 31.2 Å². The molecule has 2 N–H and O–H groups in total. The Hall–Kier alpha value is -2.99. The van der Waals surface area contributed by atoms with Crippen molar-refractivity contribution in [1.82, 2.24) is 15.3 Å². The van der Waals surface area contributed by atoms with Crippen LogP contribution in [-0.2, 0) is 0 Å².